The van der Waals surface area contributed by atoms with Crippen LogP contribution in [0.15, 0.2) is 0 Å². The molecule has 1 aliphatic rings. The van der Waals surface area contributed by atoms with E-state index in [0.29, 0.717) is 13.0 Å². The number of halogens is 1. The normalized spacial score (nSPS) is 33.0. The highest BCUT2D eigenvalue weighted by atomic mass is 19.1. The molecular formula is C7H14FNO. The molecule has 0 aliphatic carbocycles. The van der Waals surface area contributed by atoms with E-state index in [2.05, 4.69) is 5.32 Å². The SMILES string of the molecule is O[C@@H]1CNC[C@H]1CCCF. The summed E-state index contributed by atoms with van der Waals surface area (Å²) >= 11 is 0. The maximum atomic E-state index is 11.7. The van der Waals surface area contributed by atoms with Crippen molar-refractivity contribution in [3.8, 4) is 0 Å². The van der Waals surface area contributed by atoms with Crippen molar-refractivity contribution in [1.82, 2.24) is 5.32 Å². The molecule has 10 heavy (non-hydrogen) atoms. The standard InChI is InChI=1S/C7H14FNO/c8-3-1-2-6-4-9-5-7(6)10/h6-7,9-10H,1-5H2/t6-,7-/m1/s1. The second-order valence-electron chi connectivity index (χ2n) is 2.82. The zero-order chi connectivity index (χ0) is 7.40. The molecule has 2 N–H and O–H groups in total. The molecule has 0 aromatic carbocycles. The summed E-state index contributed by atoms with van der Waals surface area (Å²) in [5, 5.41) is 12.3. The lowest BCUT2D eigenvalue weighted by molar-refractivity contribution is 0.140. The Morgan fingerprint density at radius 2 is 2.30 bits per heavy atom. The monoisotopic (exact) mass is 147 g/mol. The quantitative estimate of drug-likeness (QED) is 0.602. The molecule has 0 spiro atoms. The second-order valence-corrected chi connectivity index (χ2v) is 2.82. The number of nitrogens with one attached hydrogen (secondary N) is 1. The lowest BCUT2D eigenvalue weighted by Crippen LogP contribution is -2.17. The van der Waals surface area contributed by atoms with Crippen LogP contribution in [0.2, 0.25) is 0 Å². The Hall–Kier alpha value is -0.150. The molecule has 2 atom stereocenters. The van der Waals surface area contributed by atoms with Crippen LogP contribution in [0.25, 0.3) is 0 Å². The van der Waals surface area contributed by atoms with Crippen LogP contribution < -0.4 is 5.32 Å². The molecule has 0 amide bonds. The van der Waals surface area contributed by atoms with Crippen LogP contribution in [0, 0.1) is 5.92 Å². The predicted octanol–water partition coefficient (Wildman–Crippen LogP) is 0.316. The van der Waals surface area contributed by atoms with Gasteiger partial charge in [0.05, 0.1) is 12.8 Å². The summed E-state index contributed by atoms with van der Waals surface area (Å²) in [4.78, 5) is 0. The molecule has 0 aromatic heterocycles. The first-order valence-corrected chi connectivity index (χ1v) is 3.79. The van der Waals surface area contributed by atoms with Gasteiger partial charge in [-0.15, -0.1) is 0 Å². The Morgan fingerprint density at radius 3 is 2.80 bits per heavy atom. The summed E-state index contributed by atoms with van der Waals surface area (Å²) < 4.78 is 11.7. The third-order valence-electron chi connectivity index (χ3n) is 2.01. The van der Waals surface area contributed by atoms with Gasteiger partial charge in [-0.2, -0.15) is 0 Å². The molecule has 1 fully saturated rings. The van der Waals surface area contributed by atoms with Gasteiger partial charge in [0.2, 0.25) is 0 Å². The number of β-amino-alcohol motifs (C(OH)–C–C–N with tert-alkyl or cyclic N) is 1. The van der Waals surface area contributed by atoms with Gasteiger partial charge in [-0.1, -0.05) is 0 Å². The lowest BCUT2D eigenvalue weighted by Gasteiger charge is -2.10. The smallest absolute Gasteiger partial charge is 0.0894 e. The maximum Gasteiger partial charge on any atom is 0.0894 e. The zero-order valence-electron chi connectivity index (χ0n) is 6.02. The van der Waals surface area contributed by atoms with Gasteiger partial charge in [0.1, 0.15) is 0 Å². The molecule has 0 aromatic rings. The van der Waals surface area contributed by atoms with Crippen LogP contribution in [0.1, 0.15) is 12.8 Å². The van der Waals surface area contributed by atoms with Gasteiger partial charge in [0, 0.05) is 13.1 Å². The first kappa shape index (κ1) is 7.95. The Morgan fingerprint density at radius 1 is 1.50 bits per heavy atom. The van der Waals surface area contributed by atoms with E-state index in [4.69, 9.17) is 0 Å². The maximum absolute atomic E-state index is 11.7. The van der Waals surface area contributed by atoms with E-state index in [-0.39, 0.29) is 18.7 Å². The van der Waals surface area contributed by atoms with E-state index in [9.17, 15) is 9.50 Å². The Kier molecular flexibility index (Phi) is 3.09. The molecule has 0 saturated carbocycles. The van der Waals surface area contributed by atoms with Gasteiger partial charge in [-0.25, -0.2) is 0 Å². The first-order valence-electron chi connectivity index (χ1n) is 3.79. The van der Waals surface area contributed by atoms with Crippen LogP contribution in [-0.2, 0) is 0 Å². The van der Waals surface area contributed by atoms with Crippen LogP contribution in [0.3, 0.4) is 0 Å². The van der Waals surface area contributed by atoms with Gasteiger partial charge in [-0.05, 0) is 18.8 Å². The van der Waals surface area contributed by atoms with Crippen molar-refractivity contribution in [3.05, 3.63) is 0 Å². The minimum absolute atomic E-state index is 0.244. The fourth-order valence-corrected chi connectivity index (χ4v) is 1.35. The molecule has 2 nitrogen and oxygen atoms in total. The molecule has 0 radical (unpaired) electrons. The molecule has 1 heterocycles. The zero-order valence-corrected chi connectivity index (χ0v) is 6.02. The number of hydrogen-bond donors (Lipinski definition) is 2. The fraction of sp³-hybridized carbons (Fsp3) is 1.00. The van der Waals surface area contributed by atoms with Gasteiger partial charge in [0.15, 0.2) is 0 Å². The summed E-state index contributed by atoms with van der Waals surface area (Å²) in [5.74, 6) is 0.288. The van der Waals surface area contributed by atoms with Crippen molar-refractivity contribution >= 4 is 0 Å². The average molecular weight is 147 g/mol. The number of alkyl halides is 1. The van der Waals surface area contributed by atoms with E-state index >= 15 is 0 Å². The van der Waals surface area contributed by atoms with Crippen molar-refractivity contribution in [2.75, 3.05) is 19.8 Å². The number of aliphatic hydroxyl groups is 1. The minimum atomic E-state index is -0.261. The average Bonchev–Trinajstić information content (AvgIpc) is 2.31. The second kappa shape index (κ2) is 3.88. The molecule has 3 heteroatoms. The summed E-state index contributed by atoms with van der Waals surface area (Å²) in [6.07, 6.45) is 1.15. The predicted molar refractivity (Wildman–Crippen MR) is 37.6 cm³/mol. The molecule has 60 valence electrons. The summed E-state index contributed by atoms with van der Waals surface area (Å²) in [7, 11) is 0. The van der Waals surface area contributed by atoms with Crippen molar-refractivity contribution < 1.29 is 9.50 Å². The fourth-order valence-electron chi connectivity index (χ4n) is 1.35. The van der Waals surface area contributed by atoms with Gasteiger partial charge < -0.3 is 10.4 Å². The van der Waals surface area contributed by atoms with Gasteiger partial charge in [0.25, 0.3) is 0 Å². The molecular weight excluding hydrogens is 133 g/mol. The number of rotatable bonds is 3. The Balaban J connectivity index is 2.14. The number of hydrogen-bond acceptors (Lipinski definition) is 2. The van der Waals surface area contributed by atoms with Crippen molar-refractivity contribution in [1.29, 1.82) is 0 Å². The van der Waals surface area contributed by atoms with Crippen LogP contribution in [-0.4, -0.2) is 31.0 Å². The van der Waals surface area contributed by atoms with Crippen molar-refractivity contribution in [2.24, 2.45) is 5.92 Å². The largest absolute Gasteiger partial charge is 0.391 e. The molecule has 1 saturated heterocycles. The highest BCUT2D eigenvalue weighted by Gasteiger charge is 2.23. The highest BCUT2D eigenvalue weighted by Crippen LogP contribution is 2.14. The third kappa shape index (κ3) is 1.92. The Bertz CT molecular complexity index is 99.6. The summed E-state index contributed by atoms with van der Waals surface area (Å²) in [6, 6.07) is 0. The van der Waals surface area contributed by atoms with Gasteiger partial charge >= 0.3 is 0 Å². The Labute approximate surface area is 60.4 Å². The lowest BCUT2D eigenvalue weighted by atomic mass is 10.0. The van der Waals surface area contributed by atoms with Crippen LogP contribution in [0.5, 0.6) is 0 Å². The minimum Gasteiger partial charge on any atom is -0.391 e. The van der Waals surface area contributed by atoms with E-state index in [1.807, 2.05) is 0 Å². The van der Waals surface area contributed by atoms with E-state index in [1.54, 1.807) is 0 Å². The molecule has 0 bridgehead atoms. The van der Waals surface area contributed by atoms with E-state index in [1.165, 1.54) is 0 Å². The van der Waals surface area contributed by atoms with Crippen molar-refractivity contribution in [2.45, 2.75) is 18.9 Å². The molecule has 1 rings (SSSR count). The third-order valence-corrected chi connectivity index (χ3v) is 2.01. The molecule has 0 unspecified atom stereocenters. The number of aliphatic hydroxyl groups excluding tert-OH is 1. The first-order chi connectivity index (χ1) is 4.84. The summed E-state index contributed by atoms with van der Waals surface area (Å²) in [6.45, 7) is 1.27. The summed E-state index contributed by atoms with van der Waals surface area (Å²) in [5.41, 5.74) is 0. The van der Waals surface area contributed by atoms with E-state index in [0.717, 1.165) is 13.0 Å². The molecule has 1 aliphatic heterocycles. The van der Waals surface area contributed by atoms with Gasteiger partial charge in [-0.3, -0.25) is 4.39 Å². The van der Waals surface area contributed by atoms with Crippen LogP contribution >= 0.6 is 0 Å². The van der Waals surface area contributed by atoms with Crippen LogP contribution in [0.4, 0.5) is 4.39 Å². The van der Waals surface area contributed by atoms with Crippen molar-refractivity contribution in [3.63, 3.8) is 0 Å². The van der Waals surface area contributed by atoms with E-state index < -0.39 is 0 Å². The topological polar surface area (TPSA) is 32.3 Å². The highest BCUT2D eigenvalue weighted by molar-refractivity contribution is 4.79.